The normalized spacial score (nSPS) is 10.8. The molecule has 0 spiro atoms. The molecule has 0 saturated carbocycles. The fourth-order valence-electron chi connectivity index (χ4n) is 3.65. The monoisotopic (exact) mass is 447 g/mol. The van der Waals surface area contributed by atoms with Crippen LogP contribution in [0.1, 0.15) is 27.2 Å². The molecule has 0 aliphatic carbocycles. The SMILES string of the molecule is COc1cc(OC)c(OC)cc1CNC(=O)c1cc(-c2ccc(C)cc2)nc2onc(C)c12. The van der Waals surface area contributed by atoms with Crippen LogP contribution in [0.4, 0.5) is 0 Å². The van der Waals surface area contributed by atoms with Gasteiger partial charge in [-0.15, -0.1) is 0 Å². The number of carbonyl (C=O) groups is 1. The maximum Gasteiger partial charge on any atom is 0.259 e. The van der Waals surface area contributed by atoms with Gasteiger partial charge in [0.1, 0.15) is 5.75 Å². The highest BCUT2D eigenvalue weighted by atomic mass is 16.5. The Bertz CT molecular complexity index is 1310. The number of benzene rings is 2. The van der Waals surface area contributed by atoms with E-state index < -0.39 is 0 Å². The third-order valence-electron chi connectivity index (χ3n) is 5.44. The fourth-order valence-corrected chi connectivity index (χ4v) is 3.65. The zero-order valence-corrected chi connectivity index (χ0v) is 19.2. The molecule has 0 saturated heterocycles. The van der Waals surface area contributed by atoms with Gasteiger partial charge in [-0.25, -0.2) is 4.98 Å². The number of aromatic nitrogens is 2. The molecule has 170 valence electrons. The standard InChI is InChI=1S/C25H25N3O5/c1-14-6-8-16(9-7-14)19-11-18(23-15(2)28-33-25(23)27-19)24(29)26-13-17-10-21(31-4)22(32-5)12-20(17)30-3/h6-12H,13H2,1-5H3,(H,26,29). The molecule has 2 aromatic heterocycles. The minimum atomic E-state index is -0.279. The number of methoxy groups -OCH3 is 3. The summed E-state index contributed by atoms with van der Waals surface area (Å²) in [6, 6.07) is 13.2. The molecule has 0 aliphatic heterocycles. The highest BCUT2D eigenvalue weighted by Crippen LogP contribution is 2.34. The first-order valence-electron chi connectivity index (χ1n) is 10.4. The van der Waals surface area contributed by atoms with Crippen LogP contribution in [0.5, 0.6) is 17.2 Å². The lowest BCUT2D eigenvalue weighted by Crippen LogP contribution is -2.23. The number of nitrogens with one attached hydrogen (secondary N) is 1. The number of carbonyl (C=O) groups excluding carboxylic acids is 1. The zero-order chi connectivity index (χ0) is 23.5. The molecule has 2 aromatic carbocycles. The molecule has 0 radical (unpaired) electrons. The van der Waals surface area contributed by atoms with Gasteiger partial charge in [0.05, 0.1) is 43.7 Å². The van der Waals surface area contributed by atoms with E-state index in [1.165, 1.54) is 0 Å². The fraction of sp³-hybridized carbons (Fsp3) is 0.240. The molecular weight excluding hydrogens is 422 g/mol. The quantitative estimate of drug-likeness (QED) is 0.447. The summed E-state index contributed by atoms with van der Waals surface area (Å²) >= 11 is 0. The second kappa shape index (κ2) is 9.20. The van der Waals surface area contributed by atoms with Gasteiger partial charge in [-0.1, -0.05) is 35.0 Å². The predicted molar refractivity (Wildman–Crippen MR) is 124 cm³/mol. The van der Waals surface area contributed by atoms with E-state index >= 15 is 0 Å². The second-order valence-electron chi connectivity index (χ2n) is 7.57. The summed E-state index contributed by atoms with van der Waals surface area (Å²) < 4.78 is 21.6. The molecule has 33 heavy (non-hydrogen) atoms. The van der Waals surface area contributed by atoms with E-state index in [0.717, 1.165) is 16.7 Å². The third kappa shape index (κ3) is 4.32. The Morgan fingerprint density at radius 3 is 2.27 bits per heavy atom. The van der Waals surface area contributed by atoms with Crippen molar-refractivity contribution in [3.05, 3.63) is 64.8 Å². The van der Waals surface area contributed by atoms with E-state index in [0.29, 0.717) is 45.3 Å². The van der Waals surface area contributed by atoms with Crippen LogP contribution in [0.3, 0.4) is 0 Å². The predicted octanol–water partition coefficient (Wildman–Crippen LogP) is 4.46. The van der Waals surface area contributed by atoms with Crippen molar-refractivity contribution in [1.82, 2.24) is 15.5 Å². The Hall–Kier alpha value is -4.07. The van der Waals surface area contributed by atoms with Crippen molar-refractivity contribution in [3.63, 3.8) is 0 Å². The maximum atomic E-state index is 13.3. The summed E-state index contributed by atoms with van der Waals surface area (Å²) in [4.78, 5) is 17.9. The van der Waals surface area contributed by atoms with E-state index in [-0.39, 0.29) is 12.5 Å². The smallest absolute Gasteiger partial charge is 0.259 e. The Morgan fingerprint density at radius 1 is 0.939 bits per heavy atom. The van der Waals surface area contributed by atoms with Gasteiger partial charge in [0.15, 0.2) is 11.5 Å². The molecule has 4 rings (SSSR count). The molecule has 8 heteroatoms. The number of hydrogen-bond acceptors (Lipinski definition) is 7. The van der Waals surface area contributed by atoms with E-state index in [1.54, 1.807) is 46.5 Å². The second-order valence-corrected chi connectivity index (χ2v) is 7.57. The van der Waals surface area contributed by atoms with Crippen molar-refractivity contribution in [2.75, 3.05) is 21.3 Å². The Balaban J connectivity index is 1.68. The van der Waals surface area contributed by atoms with Crippen LogP contribution < -0.4 is 19.5 Å². The van der Waals surface area contributed by atoms with E-state index in [1.807, 2.05) is 31.2 Å². The summed E-state index contributed by atoms with van der Waals surface area (Å²) in [5.41, 5.74) is 4.75. The van der Waals surface area contributed by atoms with Crippen molar-refractivity contribution >= 4 is 17.0 Å². The van der Waals surface area contributed by atoms with Gasteiger partial charge in [0.25, 0.3) is 11.6 Å². The summed E-state index contributed by atoms with van der Waals surface area (Å²) in [5, 5.41) is 7.56. The summed E-state index contributed by atoms with van der Waals surface area (Å²) in [6.45, 7) is 4.02. The van der Waals surface area contributed by atoms with E-state index in [2.05, 4.69) is 15.5 Å². The molecule has 8 nitrogen and oxygen atoms in total. The first-order valence-corrected chi connectivity index (χ1v) is 10.4. The first kappa shape index (κ1) is 22.1. The molecule has 0 aliphatic rings. The number of nitrogens with zero attached hydrogens (tertiary/aromatic N) is 2. The number of hydrogen-bond donors (Lipinski definition) is 1. The maximum absolute atomic E-state index is 13.3. The minimum Gasteiger partial charge on any atom is -0.496 e. The minimum absolute atomic E-state index is 0.219. The van der Waals surface area contributed by atoms with Gasteiger partial charge in [0, 0.05) is 23.7 Å². The molecular formula is C25H25N3O5. The van der Waals surface area contributed by atoms with Crippen molar-refractivity contribution < 1.29 is 23.5 Å². The Labute approximate surface area is 191 Å². The number of pyridine rings is 1. The van der Waals surface area contributed by atoms with Crippen LogP contribution in [0.15, 0.2) is 47.0 Å². The molecule has 0 atom stereocenters. The van der Waals surface area contributed by atoms with Gasteiger partial charge < -0.3 is 24.1 Å². The first-order chi connectivity index (χ1) is 15.9. The van der Waals surface area contributed by atoms with Gasteiger partial charge in [0.2, 0.25) is 0 Å². The summed E-state index contributed by atoms with van der Waals surface area (Å²) in [5.74, 6) is 1.39. The molecule has 0 unspecified atom stereocenters. The molecule has 1 amide bonds. The Kier molecular flexibility index (Phi) is 6.17. The van der Waals surface area contributed by atoms with Crippen molar-refractivity contribution in [1.29, 1.82) is 0 Å². The summed E-state index contributed by atoms with van der Waals surface area (Å²) in [7, 11) is 4.68. The van der Waals surface area contributed by atoms with E-state index in [4.69, 9.17) is 18.7 Å². The molecule has 4 aromatic rings. The zero-order valence-electron chi connectivity index (χ0n) is 19.2. The van der Waals surface area contributed by atoms with Crippen LogP contribution >= 0.6 is 0 Å². The van der Waals surface area contributed by atoms with Crippen LogP contribution in [-0.2, 0) is 6.54 Å². The van der Waals surface area contributed by atoms with Crippen molar-refractivity contribution in [3.8, 4) is 28.5 Å². The number of fused-ring (bicyclic) bond motifs is 1. The van der Waals surface area contributed by atoms with Crippen molar-refractivity contribution in [2.24, 2.45) is 0 Å². The molecule has 0 bridgehead atoms. The topological polar surface area (TPSA) is 95.7 Å². The lowest BCUT2D eigenvalue weighted by atomic mass is 10.0. The van der Waals surface area contributed by atoms with Gasteiger partial charge in [-0.3, -0.25) is 4.79 Å². The summed E-state index contributed by atoms with van der Waals surface area (Å²) in [6.07, 6.45) is 0. The van der Waals surface area contributed by atoms with Gasteiger partial charge in [-0.2, -0.15) is 0 Å². The number of amides is 1. The molecule has 1 N–H and O–H groups in total. The van der Waals surface area contributed by atoms with Gasteiger partial charge >= 0.3 is 0 Å². The number of ether oxygens (including phenoxy) is 3. The van der Waals surface area contributed by atoms with E-state index in [9.17, 15) is 4.79 Å². The lowest BCUT2D eigenvalue weighted by molar-refractivity contribution is 0.0952. The van der Waals surface area contributed by atoms with Crippen LogP contribution in [0.25, 0.3) is 22.4 Å². The van der Waals surface area contributed by atoms with Gasteiger partial charge in [-0.05, 0) is 26.0 Å². The average Bonchev–Trinajstić information content (AvgIpc) is 3.22. The van der Waals surface area contributed by atoms with Crippen LogP contribution in [-0.4, -0.2) is 37.4 Å². The molecule has 2 heterocycles. The highest BCUT2D eigenvalue weighted by molar-refractivity contribution is 6.07. The third-order valence-corrected chi connectivity index (χ3v) is 5.44. The lowest BCUT2D eigenvalue weighted by Gasteiger charge is -2.15. The number of aryl methyl sites for hydroxylation is 2. The van der Waals surface area contributed by atoms with Crippen molar-refractivity contribution in [2.45, 2.75) is 20.4 Å². The highest BCUT2D eigenvalue weighted by Gasteiger charge is 2.20. The number of rotatable bonds is 7. The Morgan fingerprint density at radius 2 is 1.61 bits per heavy atom. The van der Waals surface area contributed by atoms with Crippen LogP contribution in [0.2, 0.25) is 0 Å². The largest absolute Gasteiger partial charge is 0.496 e. The average molecular weight is 447 g/mol. The molecule has 0 fully saturated rings. The van der Waals surface area contributed by atoms with Crippen LogP contribution in [0, 0.1) is 13.8 Å².